The van der Waals surface area contributed by atoms with Crippen molar-refractivity contribution in [3.8, 4) is 5.75 Å². The summed E-state index contributed by atoms with van der Waals surface area (Å²) in [7, 11) is -2.78. The van der Waals surface area contributed by atoms with E-state index in [0.29, 0.717) is 22.2 Å². The Bertz CT molecular complexity index is 1420. The van der Waals surface area contributed by atoms with Crippen molar-refractivity contribution in [3.63, 3.8) is 0 Å². The number of carbonyl (C=O) groups excluding carboxylic acids is 2. The molecule has 3 aromatic rings. The van der Waals surface area contributed by atoms with E-state index in [0.717, 1.165) is 17.1 Å². The van der Waals surface area contributed by atoms with Crippen molar-refractivity contribution in [3.05, 3.63) is 88.4 Å². The standard InChI is InChI=1S/C29H33Cl2N3O5S/c1-4-5-17-32-29(36)21(2)33(19-22-15-16-23(30)18-25(22)31)28(35)20-34(26-13-9-10-14-27(26)39-3)40(37,38)24-11-7-6-8-12-24/h6-16,18,21H,4-5,17,19-20H2,1-3H3,(H,32,36)/t21-/m0/s1. The first-order valence-electron chi connectivity index (χ1n) is 12.8. The van der Waals surface area contributed by atoms with Crippen molar-refractivity contribution in [2.45, 2.75) is 44.2 Å². The average Bonchev–Trinajstić information content (AvgIpc) is 2.95. The van der Waals surface area contributed by atoms with Crippen molar-refractivity contribution < 1.29 is 22.7 Å². The van der Waals surface area contributed by atoms with Gasteiger partial charge in [0, 0.05) is 23.1 Å². The molecule has 8 nitrogen and oxygen atoms in total. The van der Waals surface area contributed by atoms with E-state index in [2.05, 4.69) is 5.32 Å². The number of carbonyl (C=O) groups is 2. The van der Waals surface area contributed by atoms with Gasteiger partial charge in [-0.25, -0.2) is 8.42 Å². The summed E-state index contributed by atoms with van der Waals surface area (Å²) in [6.07, 6.45) is 1.68. The van der Waals surface area contributed by atoms with Gasteiger partial charge in [0.1, 0.15) is 18.3 Å². The lowest BCUT2D eigenvalue weighted by Gasteiger charge is -2.32. The Hall–Kier alpha value is -3.27. The lowest BCUT2D eigenvalue weighted by molar-refractivity contribution is -0.139. The molecule has 3 rings (SSSR count). The zero-order valence-electron chi connectivity index (χ0n) is 22.6. The van der Waals surface area contributed by atoms with Gasteiger partial charge in [-0.3, -0.25) is 13.9 Å². The lowest BCUT2D eigenvalue weighted by Crippen LogP contribution is -2.51. The number of hydrogen-bond acceptors (Lipinski definition) is 5. The van der Waals surface area contributed by atoms with Gasteiger partial charge in [0.15, 0.2) is 0 Å². The number of halogens is 2. The van der Waals surface area contributed by atoms with Crippen LogP contribution >= 0.6 is 23.2 Å². The van der Waals surface area contributed by atoms with E-state index in [1.54, 1.807) is 67.6 Å². The molecule has 0 spiro atoms. The Morgan fingerprint density at radius 1 is 1.00 bits per heavy atom. The summed E-state index contributed by atoms with van der Waals surface area (Å²) in [5.74, 6) is -0.691. The zero-order valence-corrected chi connectivity index (χ0v) is 25.0. The van der Waals surface area contributed by atoms with E-state index in [1.165, 1.54) is 24.1 Å². The second kappa shape index (κ2) is 14.4. The fraction of sp³-hybridized carbons (Fsp3) is 0.310. The number of nitrogens with one attached hydrogen (secondary N) is 1. The van der Waals surface area contributed by atoms with Crippen LogP contribution in [0.2, 0.25) is 10.0 Å². The third-order valence-corrected chi connectivity index (χ3v) is 8.68. The number of nitrogens with zero attached hydrogens (tertiary/aromatic N) is 2. The third kappa shape index (κ3) is 7.68. The Morgan fingerprint density at radius 2 is 1.68 bits per heavy atom. The first kappa shape index (κ1) is 31.3. The van der Waals surface area contributed by atoms with Crippen LogP contribution in [0.1, 0.15) is 32.3 Å². The van der Waals surface area contributed by atoms with E-state index < -0.39 is 28.5 Å². The van der Waals surface area contributed by atoms with Gasteiger partial charge in [0.25, 0.3) is 10.0 Å². The summed E-state index contributed by atoms with van der Waals surface area (Å²) < 4.78 is 34.2. The molecule has 0 fully saturated rings. The quantitative estimate of drug-likeness (QED) is 0.258. The van der Waals surface area contributed by atoms with Crippen LogP contribution in [0.3, 0.4) is 0 Å². The number of hydrogen-bond donors (Lipinski definition) is 1. The van der Waals surface area contributed by atoms with Gasteiger partial charge in [-0.2, -0.15) is 0 Å². The summed E-state index contributed by atoms with van der Waals surface area (Å²) in [5.41, 5.74) is 0.745. The topological polar surface area (TPSA) is 96.0 Å². The second-order valence-electron chi connectivity index (χ2n) is 9.07. The summed E-state index contributed by atoms with van der Waals surface area (Å²) in [4.78, 5) is 28.4. The third-order valence-electron chi connectivity index (χ3n) is 6.32. The Morgan fingerprint density at radius 3 is 2.33 bits per heavy atom. The fourth-order valence-electron chi connectivity index (χ4n) is 4.02. The molecule has 214 valence electrons. The van der Waals surface area contributed by atoms with Crippen LogP contribution < -0.4 is 14.4 Å². The number of benzene rings is 3. The van der Waals surface area contributed by atoms with Crippen molar-refractivity contribution >= 4 is 50.7 Å². The largest absolute Gasteiger partial charge is 0.495 e. The van der Waals surface area contributed by atoms with Crippen LogP contribution in [0.5, 0.6) is 5.75 Å². The molecule has 0 aromatic heterocycles. The van der Waals surface area contributed by atoms with E-state index in [4.69, 9.17) is 27.9 Å². The van der Waals surface area contributed by atoms with E-state index >= 15 is 0 Å². The van der Waals surface area contributed by atoms with E-state index in [9.17, 15) is 18.0 Å². The first-order chi connectivity index (χ1) is 19.1. The molecule has 0 radical (unpaired) electrons. The second-order valence-corrected chi connectivity index (χ2v) is 11.8. The summed E-state index contributed by atoms with van der Waals surface area (Å²) in [6, 6.07) is 18.3. The molecule has 0 aliphatic carbocycles. The Kier molecular flexibility index (Phi) is 11.2. The van der Waals surface area contributed by atoms with Crippen LogP contribution in [0, 0.1) is 0 Å². The first-order valence-corrected chi connectivity index (χ1v) is 15.0. The van der Waals surface area contributed by atoms with Gasteiger partial charge < -0.3 is 15.0 Å². The van der Waals surface area contributed by atoms with Gasteiger partial charge in [-0.1, -0.05) is 72.9 Å². The molecular weight excluding hydrogens is 573 g/mol. The number of rotatable bonds is 13. The van der Waals surface area contributed by atoms with Crippen LogP contribution in [0.15, 0.2) is 77.7 Å². The van der Waals surface area contributed by atoms with Crippen molar-refractivity contribution in [1.82, 2.24) is 10.2 Å². The van der Waals surface area contributed by atoms with Crippen LogP contribution in [-0.2, 0) is 26.2 Å². The van der Waals surface area contributed by atoms with Crippen molar-refractivity contribution in [1.29, 1.82) is 0 Å². The minimum Gasteiger partial charge on any atom is -0.495 e. The number of methoxy groups -OCH3 is 1. The molecular formula is C29H33Cl2N3O5S. The molecule has 0 bridgehead atoms. The minimum absolute atomic E-state index is 0.00589. The highest BCUT2D eigenvalue weighted by molar-refractivity contribution is 7.92. The fourth-order valence-corrected chi connectivity index (χ4v) is 5.93. The number of para-hydroxylation sites is 2. The molecule has 3 aromatic carbocycles. The molecule has 0 aliphatic heterocycles. The molecule has 0 aliphatic rings. The molecule has 0 saturated carbocycles. The minimum atomic E-state index is -4.20. The highest BCUT2D eigenvalue weighted by Gasteiger charge is 2.33. The van der Waals surface area contributed by atoms with Crippen LogP contribution in [0.4, 0.5) is 5.69 Å². The highest BCUT2D eigenvalue weighted by atomic mass is 35.5. The Labute approximate surface area is 245 Å². The molecule has 11 heteroatoms. The maximum atomic E-state index is 14.0. The molecule has 0 unspecified atom stereocenters. The molecule has 0 saturated heterocycles. The number of amides is 2. The maximum absolute atomic E-state index is 14.0. The molecule has 2 amide bonds. The van der Waals surface area contributed by atoms with Gasteiger partial charge in [-0.15, -0.1) is 0 Å². The van der Waals surface area contributed by atoms with Gasteiger partial charge in [0.05, 0.1) is 17.7 Å². The zero-order chi connectivity index (χ0) is 29.3. The summed E-state index contributed by atoms with van der Waals surface area (Å²) >= 11 is 12.5. The normalized spacial score (nSPS) is 11.9. The van der Waals surface area contributed by atoms with Gasteiger partial charge in [0.2, 0.25) is 11.8 Å². The van der Waals surface area contributed by atoms with Crippen molar-refractivity contribution in [2.24, 2.45) is 0 Å². The van der Waals surface area contributed by atoms with Crippen LogP contribution in [-0.4, -0.2) is 51.4 Å². The van der Waals surface area contributed by atoms with E-state index in [1.807, 2.05) is 6.92 Å². The lowest BCUT2D eigenvalue weighted by atomic mass is 10.1. The molecule has 1 atom stereocenters. The predicted octanol–water partition coefficient (Wildman–Crippen LogP) is 5.53. The smallest absolute Gasteiger partial charge is 0.264 e. The SMILES string of the molecule is CCCCNC(=O)[C@H](C)N(Cc1ccc(Cl)cc1Cl)C(=O)CN(c1ccccc1OC)S(=O)(=O)c1ccccc1. The number of unbranched alkanes of at least 4 members (excludes halogenated alkanes) is 1. The number of ether oxygens (including phenoxy) is 1. The Balaban J connectivity index is 2.05. The van der Waals surface area contributed by atoms with Gasteiger partial charge in [-0.05, 0) is 55.3 Å². The molecule has 0 heterocycles. The van der Waals surface area contributed by atoms with Crippen molar-refractivity contribution in [2.75, 3.05) is 24.5 Å². The predicted molar refractivity (Wildman–Crippen MR) is 158 cm³/mol. The van der Waals surface area contributed by atoms with Gasteiger partial charge >= 0.3 is 0 Å². The highest BCUT2D eigenvalue weighted by Crippen LogP contribution is 2.32. The summed E-state index contributed by atoms with van der Waals surface area (Å²) in [6.45, 7) is 3.44. The average molecular weight is 607 g/mol. The molecule has 1 N–H and O–H groups in total. The van der Waals surface area contributed by atoms with E-state index in [-0.39, 0.29) is 28.8 Å². The number of anilines is 1. The number of sulfonamides is 1. The molecule has 40 heavy (non-hydrogen) atoms. The van der Waals surface area contributed by atoms with Crippen LogP contribution in [0.25, 0.3) is 0 Å². The monoisotopic (exact) mass is 605 g/mol. The summed E-state index contributed by atoms with van der Waals surface area (Å²) in [5, 5.41) is 3.59. The maximum Gasteiger partial charge on any atom is 0.264 e.